The minimum atomic E-state index is -0.461. The van der Waals surface area contributed by atoms with E-state index < -0.39 is 5.60 Å². The quantitative estimate of drug-likeness (QED) is 0.587. The Morgan fingerprint density at radius 2 is 2.00 bits per heavy atom. The van der Waals surface area contributed by atoms with Crippen LogP contribution in [0.5, 0.6) is 0 Å². The maximum Gasteiger partial charge on any atom is 0.331 e. The summed E-state index contributed by atoms with van der Waals surface area (Å²) >= 11 is 5.91. The van der Waals surface area contributed by atoms with Crippen molar-refractivity contribution in [1.29, 1.82) is 0 Å². The summed E-state index contributed by atoms with van der Waals surface area (Å²) in [5, 5.41) is 0.722. The van der Waals surface area contributed by atoms with Gasteiger partial charge in [-0.15, -0.1) is 0 Å². The summed E-state index contributed by atoms with van der Waals surface area (Å²) in [5.41, 5.74) is 1.45. The van der Waals surface area contributed by atoms with Crippen molar-refractivity contribution in [3.8, 4) is 0 Å². The predicted molar refractivity (Wildman–Crippen MR) is 71.1 cm³/mol. The van der Waals surface area contributed by atoms with Crippen molar-refractivity contribution in [1.82, 2.24) is 0 Å². The number of aryl methyl sites for hydroxylation is 1. The van der Waals surface area contributed by atoms with Crippen molar-refractivity contribution in [3.63, 3.8) is 0 Å². The molecule has 0 bridgehead atoms. The Hall–Kier alpha value is -1.28. The number of benzene rings is 1. The summed E-state index contributed by atoms with van der Waals surface area (Å²) in [6, 6.07) is 5.59. The molecule has 0 atom stereocenters. The minimum absolute atomic E-state index is 0.342. The molecule has 0 amide bonds. The molecule has 0 radical (unpaired) electrons. The van der Waals surface area contributed by atoms with Crippen LogP contribution in [0.25, 0.3) is 6.08 Å². The fraction of sp³-hybridized carbons (Fsp3) is 0.357. The Bertz CT molecular complexity index is 442. The molecule has 1 rings (SSSR count). The van der Waals surface area contributed by atoms with Crippen LogP contribution in [0, 0.1) is 6.92 Å². The van der Waals surface area contributed by atoms with Crippen molar-refractivity contribution in [3.05, 3.63) is 40.4 Å². The van der Waals surface area contributed by atoms with Gasteiger partial charge < -0.3 is 4.74 Å². The Balaban J connectivity index is 2.71. The molecule has 92 valence electrons. The summed E-state index contributed by atoms with van der Waals surface area (Å²) in [6.07, 6.45) is 3.14. The number of carbonyl (C=O) groups is 1. The largest absolute Gasteiger partial charge is 0.457 e. The molecule has 0 spiro atoms. The van der Waals surface area contributed by atoms with Crippen LogP contribution in [0.2, 0.25) is 5.02 Å². The van der Waals surface area contributed by atoms with Gasteiger partial charge in [0.1, 0.15) is 5.60 Å². The first-order valence-corrected chi connectivity index (χ1v) is 5.83. The van der Waals surface area contributed by atoms with Gasteiger partial charge in [0, 0.05) is 11.1 Å². The first-order valence-electron chi connectivity index (χ1n) is 5.45. The first kappa shape index (κ1) is 13.8. The molecule has 1 aromatic rings. The second-order valence-corrected chi connectivity index (χ2v) is 5.28. The maximum atomic E-state index is 11.4. The van der Waals surface area contributed by atoms with Gasteiger partial charge in [-0.3, -0.25) is 0 Å². The van der Waals surface area contributed by atoms with Crippen LogP contribution >= 0.6 is 11.6 Å². The van der Waals surface area contributed by atoms with E-state index in [-0.39, 0.29) is 5.97 Å². The van der Waals surface area contributed by atoms with Gasteiger partial charge in [-0.2, -0.15) is 0 Å². The van der Waals surface area contributed by atoms with Crippen LogP contribution in [0.3, 0.4) is 0 Å². The van der Waals surface area contributed by atoms with E-state index in [0.717, 1.165) is 16.1 Å². The molecular formula is C14H17ClO2. The predicted octanol–water partition coefficient (Wildman–Crippen LogP) is 4.00. The van der Waals surface area contributed by atoms with Gasteiger partial charge in [0.25, 0.3) is 0 Å². The standard InChI is InChI=1S/C14H17ClO2/c1-10-9-11(5-7-12(10)15)6-8-13(16)17-14(2,3)4/h5-9H,1-4H3/b8-6+. The molecule has 0 saturated carbocycles. The van der Waals surface area contributed by atoms with Gasteiger partial charge in [0.05, 0.1) is 0 Å². The Kier molecular flexibility index (Phi) is 4.35. The van der Waals surface area contributed by atoms with Gasteiger partial charge in [0.2, 0.25) is 0 Å². The highest BCUT2D eigenvalue weighted by atomic mass is 35.5. The zero-order chi connectivity index (χ0) is 13.1. The number of carbonyl (C=O) groups excluding carboxylic acids is 1. The number of esters is 1. The van der Waals surface area contributed by atoms with Crippen molar-refractivity contribution in [2.75, 3.05) is 0 Å². The van der Waals surface area contributed by atoms with E-state index in [2.05, 4.69) is 0 Å². The zero-order valence-electron chi connectivity index (χ0n) is 10.6. The molecule has 0 saturated heterocycles. The topological polar surface area (TPSA) is 26.3 Å². The van der Waals surface area contributed by atoms with Gasteiger partial charge in [-0.1, -0.05) is 23.7 Å². The third-order valence-electron chi connectivity index (χ3n) is 2.00. The summed E-state index contributed by atoms with van der Waals surface area (Å²) in [4.78, 5) is 11.4. The molecule has 0 aliphatic heterocycles. The molecule has 0 unspecified atom stereocenters. The highest BCUT2D eigenvalue weighted by molar-refractivity contribution is 6.31. The average Bonchev–Trinajstić information content (AvgIpc) is 2.17. The fourth-order valence-corrected chi connectivity index (χ4v) is 1.39. The second-order valence-electron chi connectivity index (χ2n) is 4.88. The lowest BCUT2D eigenvalue weighted by Gasteiger charge is -2.17. The van der Waals surface area contributed by atoms with Gasteiger partial charge in [-0.25, -0.2) is 4.79 Å². The highest BCUT2D eigenvalue weighted by Crippen LogP contribution is 2.17. The van der Waals surface area contributed by atoms with Crippen LogP contribution in [-0.4, -0.2) is 11.6 Å². The second kappa shape index (κ2) is 5.37. The van der Waals surface area contributed by atoms with Crippen LogP contribution < -0.4 is 0 Å². The first-order chi connectivity index (χ1) is 7.78. The Labute approximate surface area is 107 Å². The van der Waals surface area contributed by atoms with Crippen LogP contribution in [0.1, 0.15) is 31.9 Å². The van der Waals surface area contributed by atoms with E-state index in [1.807, 2.05) is 45.9 Å². The molecule has 1 aromatic carbocycles. The summed E-state index contributed by atoms with van der Waals surface area (Å²) in [6.45, 7) is 7.44. The summed E-state index contributed by atoms with van der Waals surface area (Å²) in [7, 11) is 0. The van der Waals surface area contributed by atoms with Crippen LogP contribution in [0.4, 0.5) is 0 Å². The lowest BCUT2D eigenvalue weighted by atomic mass is 10.1. The third kappa shape index (κ3) is 5.05. The van der Waals surface area contributed by atoms with E-state index in [4.69, 9.17) is 16.3 Å². The third-order valence-corrected chi connectivity index (χ3v) is 2.42. The summed E-state index contributed by atoms with van der Waals surface area (Å²) in [5.74, 6) is -0.342. The van der Waals surface area contributed by atoms with E-state index in [0.29, 0.717) is 0 Å². The lowest BCUT2D eigenvalue weighted by molar-refractivity contribution is -0.148. The van der Waals surface area contributed by atoms with E-state index in [1.165, 1.54) is 6.08 Å². The average molecular weight is 253 g/mol. The van der Waals surface area contributed by atoms with Gasteiger partial charge >= 0.3 is 5.97 Å². The van der Waals surface area contributed by atoms with E-state index >= 15 is 0 Å². The van der Waals surface area contributed by atoms with Crippen molar-refractivity contribution in [2.45, 2.75) is 33.3 Å². The van der Waals surface area contributed by atoms with Gasteiger partial charge in [-0.05, 0) is 51.0 Å². The fourth-order valence-electron chi connectivity index (χ4n) is 1.27. The summed E-state index contributed by atoms with van der Waals surface area (Å²) < 4.78 is 5.16. The van der Waals surface area contributed by atoms with Crippen molar-refractivity contribution in [2.24, 2.45) is 0 Å². The molecule has 0 aliphatic rings. The molecule has 17 heavy (non-hydrogen) atoms. The monoisotopic (exact) mass is 252 g/mol. The smallest absolute Gasteiger partial charge is 0.331 e. The Morgan fingerprint density at radius 3 is 2.53 bits per heavy atom. The van der Waals surface area contributed by atoms with E-state index in [9.17, 15) is 4.79 Å². The molecule has 0 fully saturated rings. The van der Waals surface area contributed by atoms with E-state index in [1.54, 1.807) is 6.08 Å². The molecule has 0 heterocycles. The van der Waals surface area contributed by atoms with Crippen LogP contribution in [-0.2, 0) is 9.53 Å². The van der Waals surface area contributed by atoms with Gasteiger partial charge in [0.15, 0.2) is 0 Å². The molecule has 2 nitrogen and oxygen atoms in total. The highest BCUT2D eigenvalue weighted by Gasteiger charge is 2.13. The number of ether oxygens (including phenoxy) is 1. The van der Waals surface area contributed by atoms with Crippen LogP contribution in [0.15, 0.2) is 24.3 Å². The SMILES string of the molecule is Cc1cc(/C=C/C(=O)OC(C)(C)C)ccc1Cl. The number of rotatable bonds is 2. The normalized spacial score (nSPS) is 11.8. The Morgan fingerprint density at radius 1 is 1.35 bits per heavy atom. The zero-order valence-corrected chi connectivity index (χ0v) is 11.3. The number of hydrogen-bond donors (Lipinski definition) is 0. The van der Waals surface area contributed by atoms with Crippen molar-refractivity contribution >= 4 is 23.6 Å². The maximum absolute atomic E-state index is 11.4. The molecule has 0 aliphatic carbocycles. The number of halogens is 1. The molecule has 0 aromatic heterocycles. The van der Waals surface area contributed by atoms with Crippen molar-refractivity contribution < 1.29 is 9.53 Å². The molecular weight excluding hydrogens is 236 g/mol. The molecule has 0 N–H and O–H groups in total. The minimum Gasteiger partial charge on any atom is -0.457 e. The number of hydrogen-bond acceptors (Lipinski definition) is 2. The molecule has 3 heteroatoms. The lowest BCUT2D eigenvalue weighted by Crippen LogP contribution is -2.22.